The smallest absolute Gasteiger partial charge is 0.117 e. The van der Waals surface area contributed by atoms with Crippen LogP contribution in [0, 0.1) is 0 Å². The van der Waals surface area contributed by atoms with E-state index in [0.717, 1.165) is 11.2 Å². The van der Waals surface area contributed by atoms with Gasteiger partial charge in [0.25, 0.3) is 0 Å². The summed E-state index contributed by atoms with van der Waals surface area (Å²) >= 11 is 0. The van der Waals surface area contributed by atoms with E-state index in [1.807, 2.05) is 24.3 Å². The molecule has 0 radical (unpaired) electrons. The van der Waals surface area contributed by atoms with E-state index in [-0.39, 0.29) is 0 Å². The second kappa shape index (κ2) is 4.55. The minimum atomic E-state index is 0.324. The second-order valence-electron chi connectivity index (χ2n) is 5.85. The number of rotatable bonds is 2. The first-order valence-electron chi connectivity index (χ1n) is 7.42. The zero-order valence-electron chi connectivity index (χ0n) is 11.8. The summed E-state index contributed by atoms with van der Waals surface area (Å²) < 4.78 is 2.38. The van der Waals surface area contributed by atoms with E-state index in [2.05, 4.69) is 22.8 Å². The average Bonchev–Trinajstić information content (AvgIpc) is 2.77. The van der Waals surface area contributed by atoms with Crippen LogP contribution in [-0.4, -0.2) is 9.67 Å². The second-order valence-corrected chi connectivity index (χ2v) is 5.85. The molecule has 0 spiro atoms. The molecule has 1 fully saturated rings. The molecule has 1 heterocycles. The zero-order valence-corrected chi connectivity index (χ0v) is 11.8. The van der Waals surface area contributed by atoms with Gasteiger partial charge in [-0.15, -0.1) is 0 Å². The Bertz CT molecular complexity index is 798. The third kappa shape index (κ3) is 1.97. The summed E-state index contributed by atoms with van der Waals surface area (Å²) in [4.78, 5) is 0. The lowest BCUT2D eigenvalue weighted by molar-refractivity contribution is 0.324. The van der Waals surface area contributed by atoms with Crippen molar-refractivity contribution in [2.75, 3.05) is 5.73 Å². The Morgan fingerprint density at radius 2 is 1.76 bits per heavy atom. The fourth-order valence-electron chi connectivity index (χ4n) is 3.12. The minimum Gasteiger partial charge on any atom is -0.508 e. The Labute approximate surface area is 123 Å². The predicted octanol–water partition coefficient (Wildman–Crippen LogP) is 4.32. The van der Waals surface area contributed by atoms with Gasteiger partial charge in [0, 0.05) is 28.9 Å². The van der Waals surface area contributed by atoms with Crippen LogP contribution < -0.4 is 5.73 Å². The molecule has 1 aromatic heterocycles. The van der Waals surface area contributed by atoms with E-state index in [0.29, 0.717) is 11.8 Å². The van der Waals surface area contributed by atoms with E-state index in [1.54, 1.807) is 6.07 Å². The molecule has 0 amide bonds. The number of fused-ring (bicyclic) bond motifs is 1. The number of nitrogens with zero attached hydrogens (tertiary/aromatic N) is 1. The van der Waals surface area contributed by atoms with Crippen molar-refractivity contribution in [1.82, 2.24) is 4.57 Å². The summed E-state index contributed by atoms with van der Waals surface area (Å²) in [5.74, 6) is 0.324. The van der Waals surface area contributed by atoms with Crippen molar-refractivity contribution in [3.05, 3.63) is 48.5 Å². The molecule has 1 aliphatic rings. The number of nitrogen functional groups attached to an aromatic ring is 1. The average molecular weight is 278 g/mol. The molecule has 0 atom stereocenters. The fourth-order valence-corrected chi connectivity index (χ4v) is 3.12. The van der Waals surface area contributed by atoms with Crippen LogP contribution in [0.4, 0.5) is 5.69 Å². The van der Waals surface area contributed by atoms with E-state index in [9.17, 15) is 5.11 Å². The van der Waals surface area contributed by atoms with Gasteiger partial charge in [0.2, 0.25) is 0 Å². The number of hydrogen-bond acceptors (Lipinski definition) is 2. The van der Waals surface area contributed by atoms with Gasteiger partial charge >= 0.3 is 0 Å². The van der Waals surface area contributed by atoms with Crippen molar-refractivity contribution in [3.63, 3.8) is 0 Å². The zero-order chi connectivity index (χ0) is 14.4. The van der Waals surface area contributed by atoms with Gasteiger partial charge in [-0.1, -0.05) is 12.1 Å². The third-order valence-corrected chi connectivity index (χ3v) is 4.47. The van der Waals surface area contributed by atoms with Crippen LogP contribution >= 0.6 is 0 Å². The highest BCUT2D eigenvalue weighted by atomic mass is 16.3. The fraction of sp³-hybridized carbons (Fsp3) is 0.222. The van der Waals surface area contributed by atoms with Crippen LogP contribution in [0.3, 0.4) is 0 Å². The molecule has 0 bridgehead atoms. The molecule has 0 unspecified atom stereocenters. The van der Waals surface area contributed by atoms with E-state index >= 15 is 0 Å². The maximum absolute atomic E-state index is 9.81. The quantitative estimate of drug-likeness (QED) is 0.686. The highest BCUT2D eigenvalue weighted by Crippen LogP contribution is 2.40. The maximum Gasteiger partial charge on any atom is 0.117 e. The normalized spacial score (nSPS) is 15.2. The number of benzene rings is 2. The summed E-state index contributed by atoms with van der Waals surface area (Å²) in [5, 5.41) is 11.0. The molecule has 3 aromatic rings. The standard InChI is InChI=1S/C18H18N2O/c19-14-7-4-12(5-8-14)17-10-13-6-9-16(21)11-18(13)20(17)15-2-1-3-15/h4-11,15,21H,1-3,19H2. The summed E-state index contributed by atoms with van der Waals surface area (Å²) in [6.45, 7) is 0. The van der Waals surface area contributed by atoms with Crippen LogP contribution in [-0.2, 0) is 0 Å². The van der Waals surface area contributed by atoms with Gasteiger partial charge in [-0.25, -0.2) is 0 Å². The van der Waals surface area contributed by atoms with Crippen molar-refractivity contribution >= 4 is 16.6 Å². The Balaban J connectivity index is 1.96. The van der Waals surface area contributed by atoms with Crippen LogP contribution in [0.5, 0.6) is 5.75 Å². The number of hydrogen-bond donors (Lipinski definition) is 2. The highest BCUT2D eigenvalue weighted by molar-refractivity contribution is 5.88. The molecular formula is C18H18N2O. The highest BCUT2D eigenvalue weighted by Gasteiger charge is 2.24. The SMILES string of the molecule is Nc1ccc(-c2cc3ccc(O)cc3n2C2CCC2)cc1. The molecule has 4 rings (SSSR count). The molecule has 0 saturated heterocycles. The van der Waals surface area contributed by atoms with Gasteiger partial charge in [0.05, 0.1) is 5.52 Å². The van der Waals surface area contributed by atoms with Gasteiger partial charge in [-0.3, -0.25) is 0 Å². The van der Waals surface area contributed by atoms with Crippen LogP contribution in [0.2, 0.25) is 0 Å². The summed E-state index contributed by atoms with van der Waals surface area (Å²) in [5.41, 5.74) is 10.1. The van der Waals surface area contributed by atoms with Crippen molar-refractivity contribution in [2.45, 2.75) is 25.3 Å². The first-order chi connectivity index (χ1) is 10.2. The largest absolute Gasteiger partial charge is 0.508 e. The number of aromatic nitrogens is 1. The maximum atomic E-state index is 9.81. The molecule has 3 N–H and O–H groups in total. The lowest BCUT2D eigenvalue weighted by Gasteiger charge is -2.30. The lowest BCUT2D eigenvalue weighted by atomic mass is 9.92. The molecular weight excluding hydrogens is 260 g/mol. The van der Waals surface area contributed by atoms with Gasteiger partial charge < -0.3 is 15.4 Å². The number of phenols is 1. The van der Waals surface area contributed by atoms with Gasteiger partial charge in [0.1, 0.15) is 5.75 Å². The number of anilines is 1. The van der Waals surface area contributed by atoms with Gasteiger partial charge in [-0.05, 0) is 55.2 Å². The topological polar surface area (TPSA) is 51.2 Å². The summed E-state index contributed by atoms with van der Waals surface area (Å²) in [6.07, 6.45) is 3.70. The molecule has 1 aliphatic carbocycles. The van der Waals surface area contributed by atoms with Crippen LogP contribution in [0.15, 0.2) is 48.5 Å². The number of nitrogens with two attached hydrogens (primary N) is 1. The van der Waals surface area contributed by atoms with Crippen LogP contribution in [0.25, 0.3) is 22.2 Å². The molecule has 2 aromatic carbocycles. The Morgan fingerprint density at radius 1 is 1.00 bits per heavy atom. The minimum absolute atomic E-state index is 0.324. The molecule has 1 saturated carbocycles. The third-order valence-electron chi connectivity index (χ3n) is 4.47. The van der Waals surface area contributed by atoms with Crippen LogP contribution in [0.1, 0.15) is 25.3 Å². The Kier molecular flexibility index (Phi) is 2.67. The van der Waals surface area contributed by atoms with E-state index < -0.39 is 0 Å². The van der Waals surface area contributed by atoms with Gasteiger partial charge in [-0.2, -0.15) is 0 Å². The van der Waals surface area contributed by atoms with Crippen molar-refractivity contribution in [1.29, 1.82) is 0 Å². The van der Waals surface area contributed by atoms with Crippen molar-refractivity contribution in [3.8, 4) is 17.0 Å². The molecule has 0 aliphatic heterocycles. The number of phenolic OH excluding ortho intramolecular Hbond substituents is 1. The molecule has 106 valence electrons. The summed E-state index contributed by atoms with van der Waals surface area (Å²) in [7, 11) is 0. The predicted molar refractivity (Wildman–Crippen MR) is 86.3 cm³/mol. The van der Waals surface area contributed by atoms with E-state index in [1.165, 1.54) is 35.9 Å². The molecule has 3 heteroatoms. The van der Waals surface area contributed by atoms with Crippen molar-refractivity contribution < 1.29 is 5.11 Å². The monoisotopic (exact) mass is 278 g/mol. The Hall–Kier alpha value is -2.42. The first kappa shape index (κ1) is 12.3. The number of aromatic hydroxyl groups is 1. The Morgan fingerprint density at radius 3 is 2.43 bits per heavy atom. The van der Waals surface area contributed by atoms with Crippen molar-refractivity contribution in [2.24, 2.45) is 0 Å². The molecule has 3 nitrogen and oxygen atoms in total. The summed E-state index contributed by atoms with van der Waals surface area (Å²) in [6, 6.07) is 16.4. The first-order valence-corrected chi connectivity index (χ1v) is 7.42. The lowest BCUT2D eigenvalue weighted by Crippen LogP contribution is -2.17. The molecule has 21 heavy (non-hydrogen) atoms. The van der Waals surface area contributed by atoms with Gasteiger partial charge in [0.15, 0.2) is 0 Å². The van der Waals surface area contributed by atoms with E-state index in [4.69, 9.17) is 5.73 Å².